The first-order valence-electron chi connectivity index (χ1n) is 6.20. The van der Waals surface area contributed by atoms with E-state index >= 15 is 0 Å². The Hall–Kier alpha value is -0.570. The first kappa shape index (κ1) is 10.9. The van der Waals surface area contributed by atoms with Crippen LogP contribution in [-0.4, -0.2) is 29.9 Å². The maximum absolute atomic E-state index is 11.8. The van der Waals surface area contributed by atoms with E-state index in [0.717, 1.165) is 38.3 Å². The average molecular weight is 210 g/mol. The van der Waals surface area contributed by atoms with E-state index in [1.54, 1.807) is 0 Å². The fraction of sp³-hybridized carbons (Fsp3) is 0.917. The zero-order chi connectivity index (χ0) is 10.8. The standard InChI is InChI=1S/C12H22N2O/c1-9(13)11-6-7-14(8-11)12(15)5-4-10-2-3-10/h9-11H,2-8,13H2,1H3. The molecule has 0 radical (unpaired) electrons. The third kappa shape index (κ3) is 2.94. The molecule has 0 aromatic heterocycles. The van der Waals surface area contributed by atoms with Crippen molar-refractivity contribution >= 4 is 5.91 Å². The number of nitrogens with two attached hydrogens (primary N) is 1. The molecular weight excluding hydrogens is 188 g/mol. The molecule has 2 rings (SSSR count). The Bertz CT molecular complexity index is 236. The van der Waals surface area contributed by atoms with Gasteiger partial charge in [-0.25, -0.2) is 0 Å². The Morgan fingerprint density at radius 1 is 1.47 bits per heavy atom. The van der Waals surface area contributed by atoms with E-state index in [9.17, 15) is 4.79 Å². The normalized spacial score (nSPS) is 28.1. The van der Waals surface area contributed by atoms with Crippen LogP contribution >= 0.6 is 0 Å². The summed E-state index contributed by atoms with van der Waals surface area (Å²) in [6, 6.07) is 0.228. The van der Waals surface area contributed by atoms with Gasteiger partial charge in [-0.3, -0.25) is 4.79 Å². The van der Waals surface area contributed by atoms with Crippen LogP contribution in [-0.2, 0) is 4.79 Å². The predicted molar refractivity (Wildman–Crippen MR) is 60.3 cm³/mol. The van der Waals surface area contributed by atoms with E-state index in [-0.39, 0.29) is 6.04 Å². The maximum atomic E-state index is 11.8. The summed E-state index contributed by atoms with van der Waals surface area (Å²) in [4.78, 5) is 13.8. The molecule has 0 spiro atoms. The zero-order valence-electron chi connectivity index (χ0n) is 9.61. The largest absolute Gasteiger partial charge is 0.342 e. The minimum absolute atomic E-state index is 0.228. The number of likely N-dealkylation sites (tertiary alicyclic amines) is 1. The van der Waals surface area contributed by atoms with E-state index in [1.165, 1.54) is 12.8 Å². The summed E-state index contributed by atoms with van der Waals surface area (Å²) in [5.74, 6) is 1.74. The van der Waals surface area contributed by atoms with Gasteiger partial charge in [-0.1, -0.05) is 12.8 Å². The van der Waals surface area contributed by atoms with E-state index in [0.29, 0.717) is 11.8 Å². The van der Waals surface area contributed by atoms with E-state index in [1.807, 2.05) is 11.8 Å². The van der Waals surface area contributed by atoms with Crippen molar-refractivity contribution in [2.24, 2.45) is 17.6 Å². The highest BCUT2D eigenvalue weighted by Gasteiger charge is 2.29. The quantitative estimate of drug-likeness (QED) is 0.762. The number of rotatable bonds is 4. The lowest BCUT2D eigenvalue weighted by Crippen LogP contribution is -2.32. The van der Waals surface area contributed by atoms with Gasteiger partial charge in [-0.05, 0) is 31.6 Å². The number of carbonyl (C=O) groups excluding carboxylic acids is 1. The summed E-state index contributed by atoms with van der Waals surface area (Å²) >= 11 is 0. The third-order valence-electron chi connectivity index (χ3n) is 3.78. The summed E-state index contributed by atoms with van der Waals surface area (Å²) in [5.41, 5.74) is 5.85. The highest BCUT2D eigenvalue weighted by molar-refractivity contribution is 5.76. The van der Waals surface area contributed by atoms with E-state index < -0.39 is 0 Å². The molecule has 1 heterocycles. The fourth-order valence-electron chi connectivity index (χ4n) is 2.34. The SMILES string of the molecule is CC(N)C1CCN(C(=O)CCC2CC2)C1. The lowest BCUT2D eigenvalue weighted by atomic mass is 10.0. The van der Waals surface area contributed by atoms with Gasteiger partial charge in [0, 0.05) is 25.6 Å². The minimum Gasteiger partial charge on any atom is -0.342 e. The van der Waals surface area contributed by atoms with Crippen LogP contribution in [0, 0.1) is 11.8 Å². The third-order valence-corrected chi connectivity index (χ3v) is 3.78. The highest BCUT2D eigenvalue weighted by atomic mass is 16.2. The molecule has 1 saturated heterocycles. The fourth-order valence-corrected chi connectivity index (χ4v) is 2.34. The molecule has 1 saturated carbocycles. The van der Waals surface area contributed by atoms with Gasteiger partial charge in [0.15, 0.2) is 0 Å². The van der Waals surface area contributed by atoms with Crippen LogP contribution in [0.15, 0.2) is 0 Å². The van der Waals surface area contributed by atoms with Gasteiger partial charge >= 0.3 is 0 Å². The summed E-state index contributed by atoms with van der Waals surface area (Å²) in [6.07, 6.45) is 5.65. The van der Waals surface area contributed by atoms with Crippen molar-refractivity contribution in [1.29, 1.82) is 0 Å². The van der Waals surface area contributed by atoms with Crippen molar-refractivity contribution in [3.05, 3.63) is 0 Å². The zero-order valence-corrected chi connectivity index (χ0v) is 9.61. The number of hydrogen-bond donors (Lipinski definition) is 1. The molecule has 2 N–H and O–H groups in total. The Labute approximate surface area is 92.0 Å². The molecule has 2 fully saturated rings. The van der Waals surface area contributed by atoms with Gasteiger partial charge in [0.1, 0.15) is 0 Å². The first-order valence-corrected chi connectivity index (χ1v) is 6.20. The molecule has 2 atom stereocenters. The summed E-state index contributed by atoms with van der Waals surface area (Å²) in [5, 5.41) is 0. The second kappa shape index (κ2) is 4.52. The Morgan fingerprint density at radius 2 is 2.20 bits per heavy atom. The van der Waals surface area contributed by atoms with Crippen molar-refractivity contribution in [3.63, 3.8) is 0 Å². The monoisotopic (exact) mass is 210 g/mol. The number of carbonyl (C=O) groups is 1. The maximum Gasteiger partial charge on any atom is 0.222 e. The molecule has 0 bridgehead atoms. The first-order chi connectivity index (χ1) is 7.16. The Kier molecular flexibility index (Phi) is 3.29. The molecule has 1 aliphatic carbocycles. The van der Waals surface area contributed by atoms with Crippen LogP contribution in [0.2, 0.25) is 0 Å². The van der Waals surface area contributed by atoms with Gasteiger partial charge in [0.25, 0.3) is 0 Å². The van der Waals surface area contributed by atoms with Crippen molar-refractivity contribution in [2.45, 2.75) is 45.1 Å². The van der Waals surface area contributed by atoms with Crippen LogP contribution in [0.4, 0.5) is 0 Å². The van der Waals surface area contributed by atoms with Crippen LogP contribution in [0.1, 0.15) is 39.0 Å². The topological polar surface area (TPSA) is 46.3 Å². The van der Waals surface area contributed by atoms with Gasteiger partial charge in [0.05, 0.1) is 0 Å². The lowest BCUT2D eigenvalue weighted by Gasteiger charge is -2.18. The van der Waals surface area contributed by atoms with Crippen molar-refractivity contribution in [1.82, 2.24) is 4.90 Å². The molecule has 3 nitrogen and oxygen atoms in total. The molecule has 2 unspecified atom stereocenters. The van der Waals surface area contributed by atoms with Crippen LogP contribution < -0.4 is 5.73 Å². The molecule has 15 heavy (non-hydrogen) atoms. The van der Waals surface area contributed by atoms with E-state index in [4.69, 9.17) is 5.73 Å². The van der Waals surface area contributed by atoms with Gasteiger partial charge in [-0.2, -0.15) is 0 Å². The summed E-state index contributed by atoms with van der Waals surface area (Å²) in [7, 11) is 0. The van der Waals surface area contributed by atoms with Crippen molar-refractivity contribution < 1.29 is 4.79 Å². The van der Waals surface area contributed by atoms with Crippen LogP contribution in [0.25, 0.3) is 0 Å². The second-order valence-electron chi connectivity index (χ2n) is 5.23. The lowest BCUT2D eigenvalue weighted by molar-refractivity contribution is -0.130. The molecule has 86 valence electrons. The number of hydrogen-bond acceptors (Lipinski definition) is 2. The van der Waals surface area contributed by atoms with E-state index in [2.05, 4.69) is 0 Å². The number of amides is 1. The predicted octanol–water partition coefficient (Wildman–Crippen LogP) is 1.37. The highest BCUT2D eigenvalue weighted by Crippen LogP contribution is 2.33. The molecule has 3 heteroatoms. The smallest absolute Gasteiger partial charge is 0.222 e. The van der Waals surface area contributed by atoms with Crippen LogP contribution in [0.3, 0.4) is 0 Å². The van der Waals surface area contributed by atoms with Gasteiger partial charge in [0.2, 0.25) is 5.91 Å². The van der Waals surface area contributed by atoms with Gasteiger partial charge in [-0.15, -0.1) is 0 Å². The van der Waals surface area contributed by atoms with Crippen molar-refractivity contribution in [3.8, 4) is 0 Å². The average Bonchev–Trinajstić information content (AvgIpc) is 2.88. The number of nitrogens with zero attached hydrogens (tertiary/aromatic N) is 1. The second-order valence-corrected chi connectivity index (χ2v) is 5.23. The Balaban J connectivity index is 1.71. The van der Waals surface area contributed by atoms with Crippen molar-refractivity contribution in [2.75, 3.05) is 13.1 Å². The molecular formula is C12H22N2O. The van der Waals surface area contributed by atoms with Gasteiger partial charge < -0.3 is 10.6 Å². The molecule has 0 aromatic rings. The summed E-state index contributed by atoms with van der Waals surface area (Å²) in [6.45, 7) is 3.86. The van der Waals surface area contributed by atoms with Crippen LogP contribution in [0.5, 0.6) is 0 Å². The molecule has 1 aliphatic heterocycles. The molecule has 1 amide bonds. The molecule has 0 aromatic carbocycles. The summed E-state index contributed by atoms with van der Waals surface area (Å²) < 4.78 is 0. The molecule has 2 aliphatic rings. The Morgan fingerprint density at radius 3 is 2.73 bits per heavy atom. The minimum atomic E-state index is 0.228.